The van der Waals surface area contributed by atoms with Crippen LogP contribution in [0.15, 0.2) is 151 Å². The van der Waals surface area contributed by atoms with Crippen molar-refractivity contribution in [3.63, 3.8) is 0 Å². The number of aryl methyl sites for hydroxylation is 2. The van der Waals surface area contributed by atoms with Gasteiger partial charge in [-0.2, -0.15) is 9.47 Å². The van der Waals surface area contributed by atoms with Gasteiger partial charge in [0.1, 0.15) is 40.9 Å². The largest absolute Gasteiger partial charge is 0.493 e. The molecule has 0 saturated carbocycles. The van der Waals surface area contributed by atoms with Gasteiger partial charge in [-0.1, -0.05) is 94.6 Å². The predicted octanol–water partition coefficient (Wildman–Crippen LogP) is 17.1. The van der Waals surface area contributed by atoms with Crippen molar-refractivity contribution < 1.29 is 56.4 Å². The van der Waals surface area contributed by atoms with Crippen LogP contribution in [-0.4, -0.2) is 148 Å². The Hall–Kier alpha value is -11.7. The number of urea groups is 2. The minimum absolute atomic E-state index is 0.0347. The second-order valence-corrected chi connectivity index (χ2v) is 30.7. The predicted molar refractivity (Wildman–Crippen MR) is 459 cm³/mol. The number of unbranched alkanes of at least 4 members (excludes halogenated alkanes) is 1. The van der Waals surface area contributed by atoms with E-state index in [9.17, 15) is 32.8 Å². The molecule has 6 amide bonds. The normalized spacial score (nSPS) is 12.4. The Morgan fingerprint density at radius 3 is 2.19 bits per heavy atom. The molecule has 2 aliphatic heterocycles. The first-order valence-corrected chi connectivity index (χ1v) is 40.6. The maximum Gasteiger partial charge on any atom is 0.320 e. The van der Waals surface area contributed by atoms with Gasteiger partial charge >= 0.3 is 18.0 Å². The molecule has 7 heterocycles. The molecule has 0 spiro atoms. The molecule has 118 heavy (non-hydrogen) atoms. The molecule has 0 radical (unpaired) electrons. The van der Waals surface area contributed by atoms with Crippen LogP contribution in [0, 0.1) is 25.5 Å². The Morgan fingerprint density at radius 1 is 0.763 bits per heavy atom. The highest BCUT2D eigenvalue weighted by Crippen LogP contribution is 2.48. The van der Waals surface area contributed by atoms with Gasteiger partial charge in [0.25, 0.3) is 11.8 Å². The topological polar surface area (TPSA) is 318 Å². The van der Waals surface area contributed by atoms with Crippen molar-refractivity contribution in [1.29, 1.82) is 0 Å². The number of benzene rings is 7. The van der Waals surface area contributed by atoms with Gasteiger partial charge in [-0.05, 0) is 198 Å². The van der Waals surface area contributed by atoms with E-state index in [2.05, 4.69) is 137 Å². The minimum atomic E-state index is -0.883. The number of fused-ring (bicyclic) bond motifs is 10. The van der Waals surface area contributed by atoms with Crippen molar-refractivity contribution >= 4 is 135 Å². The molecule has 15 rings (SSSR count). The van der Waals surface area contributed by atoms with E-state index in [0.717, 1.165) is 139 Å². The van der Waals surface area contributed by atoms with Crippen LogP contribution in [0.1, 0.15) is 111 Å². The van der Waals surface area contributed by atoms with Crippen molar-refractivity contribution in [3.05, 3.63) is 228 Å². The SMILES string of the molecule is CCCNC(=O)Nc1ccc(Oc2ncnc3cc(OC)c(OC)cc23)cc1Cl.Cc1c(C)n(CCCOC(=O)CN(C)C)c2c3c(c4c(c12)CNC4=O)-c1ccccc1C3.Clc1ccc(Nc2nnc(Cc3ccncc3)c3ccccc23)cc1.NC(=O)c1c(OCc2c(F)cc(Br)cc2F)nsc1NC(=O)NCCCCN1CCCC1. The lowest BCUT2D eigenvalue weighted by molar-refractivity contribution is -0.144. The number of likely N-dealkylation sites (tertiary alicyclic amines) is 1. The lowest BCUT2D eigenvalue weighted by atomic mass is 9.92. The fourth-order valence-electron chi connectivity index (χ4n) is 14.1. The summed E-state index contributed by atoms with van der Waals surface area (Å²) in [6, 6.07) is 37.9. The molecule has 0 bridgehead atoms. The van der Waals surface area contributed by atoms with Gasteiger partial charge < -0.3 is 65.5 Å². The first-order chi connectivity index (χ1) is 57.1. The highest BCUT2D eigenvalue weighted by molar-refractivity contribution is 9.10. The van der Waals surface area contributed by atoms with E-state index in [4.69, 9.17) is 52.6 Å². The molecule has 1 aliphatic carbocycles. The molecular formula is C86H89BrCl2F2N16O10S. The van der Waals surface area contributed by atoms with Crippen molar-refractivity contribution in [2.75, 3.05) is 90.1 Å². The summed E-state index contributed by atoms with van der Waals surface area (Å²) in [6.07, 6.45) is 12.4. The zero-order valence-corrected chi connectivity index (χ0v) is 70.0. The fraction of sp³-hybridized carbons (Fsp3) is 0.291. The highest BCUT2D eigenvalue weighted by atomic mass is 79.9. The molecular weight excluding hydrogens is 1640 g/mol. The maximum atomic E-state index is 14.0. The number of carbonyl (C=O) groups excluding carboxylic acids is 5. The van der Waals surface area contributed by atoms with E-state index in [1.54, 1.807) is 56.9 Å². The quantitative estimate of drug-likeness (QED) is 0.0186. The Morgan fingerprint density at radius 2 is 1.47 bits per heavy atom. The monoisotopic (exact) mass is 1720 g/mol. The van der Waals surface area contributed by atoms with Crippen LogP contribution >= 0.6 is 50.7 Å². The van der Waals surface area contributed by atoms with E-state index in [1.807, 2.05) is 74.4 Å². The minimum Gasteiger partial charge on any atom is -0.493 e. The number of halogens is 5. The lowest BCUT2D eigenvalue weighted by Crippen LogP contribution is -2.30. The van der Waals surface area contributed by atoms with Gasteiger partial charge in [-0.15, -0.1) is 5.10 Å². The number of likely N-dealkylation sites (N-methyl/N-ethyl adjacent to an activating group) is 1. The van der Waals surface area contributed by atoms with Crippen molar-refractivity contribution in [3.8, 4) is 40.1 Å². The van der Waals surface area contributed by atoms with Crippen LogP contribution in [0.2, 0.25) is 10.0 Å². The van der Waals surface area contributed by atoms with Gasteiger partial charge in [-0.3, -0.25) is 29.6 Å². The number of carbonyl (C=O) groups is 5. The van der Waals surface area contributed by atoms with Crippen molar-refractivity contribution in [1.82, 2.24) is 59.8 Å². The second-order valence-electron chi connectivity index (χ2n) is 28.2. The van der Waals surface area contributed by atoms with E-state index in [-0.39, 0.29) is 44.4 Å². The first kappa shape index (κ1) is 85.7. The molecule has 5 aromatic heterocycles. The number of nitrogens with two attached hydrogens (primary N) is 1. The summed E-state index contributed by atoms with van der Waals surface area (Å²) in [5.41, 5.74) is 19.5. The molecule has 12 aromatic rings. The van der Waals surface area contributed by atoms with Gasteiger partial charge in [-0.25, -0.2) is 28.3 Å². The average Bonchev–Trinajstić information content (AvgIpc) is 1.54. The van der Waals surface area contributed by atoms with Crippen molar-refractivity contribution in [2.45, 2.75) is 91.8 Å². The standard InChI is InChI=1S/C26H29N3O3.C20H24BrF2N5O3S.C20H21ClN4O4.C20H15ClN4/c1-15-16(2)29(10-7-11-32-21(30)14-28(3)4)25-19-12-17-8-5-6-9-18(17)23(19)24-20(22(15)25)13-27-26(24)31;21-12-9-14(22)13(15(23)10-12)11-31-18-16(17(24)29)19(32-27-18)26-20(30)25-5-1-2-6-28-7-3-4-8-28;1-4-7-22-20(26)25-15-6-5-12(8-14(15)21)29-19-13-9-17(27-2)18(28-3)10-16(13)23-11-24-19;21-15-5-7-16(8-6-15)23-20-18-4-2-1-3-17(18)19(24-25-20)13-14-9-11-22-12-10-14/h5-6,8-9H,7,10-14H2,1-4H3,(H,27,31);9-10H,1-8,11H2,(H2,24,29)(H2,25,26,30);5-6,8-11H,4,7H2,1-3H3,(H2,22,25,26);1-12H,13H2,(H,23,25). The summed E-state index contributed by atoms with van der Waals surface area (Å²) in [4.78, 5) is 77.3. The Bertz CT molecular complexity index is 5620. The van der Waals surface area contributed by atoms with Gasteiger partial charge in [0.15, 0.2) is 17.3 Å². The summed E-state index contributed by atoms with van der Waals surface area (Å²) < 4.78 is 61.9. The molecule has 1 saturated heterocycles. The number of rotatable bonds is 27. The van der Waals surface area contributed by atoms with Gasteiger partial charge in [0.2, 0.25) is 11.8 Å². The van der Waals surface area contributed by atoms with Crippen LogP contribution in [-0.2, 0) is 42.1 Å². The molecule has 614 valence electrons. The fourth-order valence-corrected chi connectivity index (χ4v) is 15.5. The zero-order chi connectivity index (χ0) is 83.5. The lowest BCUT2D eigenvalue weighted by Gasteiger charge is -2.14. The van der Waals surface area contributed by atoms with E-state index >= 15 is 0 Å². The maximum absolute atomic E-state index is 14.0. The molecule has 32 heteroatoms. The number of amides is 6. The van der Waals surface area contributed by atoms with Crippen LogP contribution in [0.4, 0.5) is 40.6 Å². The smallest absolute Gasteiger partial charge is 0.320 e. The summed E-state index contributed by atoms with van der Waals surface area (Å²) in [5, 5.41) is 31.1. The van der Waals surface area contributed by atoms with Gasteiger partial charge in [0, 0.05) is 106 Å². The number of esters is 1. The molecule has 1 fully saturated rings. The number of hydrogen-bond donors (Lipinski definition) is 7. The Kier molecular flexibility index (Phi) is 29.4. The number of ether oxygens (including phenoxy) is 5. The third-order valence-corrected chi connectivity index (χ3v) is 21.6. The Balaban J connectivity index is 0.000000145. The molecule has 7 aromatic carbocycles. The van der Waals surface area contributed by atoms with E-state index in [1.165, 1.54) is 58.0 Å². The van der Waals surface area contributed by atoms with Crippen LogP contribution < -0.4 is 56.6 Å². The molecule has 3 aliphatic rings. The third kappa shape index (κ3) is 21.2. The van der Waals surface area contributed by atoms with E-state index in [0.29, 0.717) is 82.6 Å². The summed E-state index contributed by atoms with van der Waals surface area (Å²) in [7, 11) is 6.82. The van der Waals surface area contributed by atoms with Crippen LogP contribution in [0.25, 0.3) is 43.7 Å². The molecule has 0 unspecified atom stereocenters. The summed E-state index contributed by atoms with van der Waals surface area (Å²) in [6.45, 7) is 12.2. The Labute approximate surface area is 703 Å². The number of pyridine rings is 1. The number of hydrogen-bond acceptors (Lipinski definition) is 20. The van der Waals surface area contributed by atoms with E-state index < -0.39 is 30.2 Å². The number of aromatic nitrogens is 7. The number of primary amides is 1. The first-order valence-electron chi connectivity index (χ1n) is 38.3. The number of anilines is 4. The number of methoxy groups -OCH3 is 2. The van der Waals surface area contributed by atoms with Crippen LogP contribution in [0.5, 0.6) is 29.0 Å². The van der Waals surface area contributed by atoms with Crippen LogP contribution in [0.3, 0.4) is 0 Å². The second kappa shape index (κ2) is 40.5. The summed E-state index contributed by atoms with van der Waals surface area (Å²) in [5.74, 6) is -0.234. The third-order valence-electron chi connectivity index (χ3n) is 19.8. The zero-order valence-electron chi connectivity index (χ0n) is 66.1. The summed E-state index contributed by atoms with van der Waals surface area (Å²) >= 11 is 16.0. The highest BCUT2D eigenvalue weighted by Gasteiger charge is 2.36. The number of nitrogens with zero attached hydrogens (tertiary/aromatic N) is 9. The number of nitrogens with one attached hydrogen (secondary N) is 6. The molecule has 26 nitrogen and oxygen atoms in total. The van der Waals surface area contributed by atoms with Crippen molar-refractivity contribution in [2.24, 2.45) is 5.73 Å². The van der Waals surface area contributed by atoms with Gasteiger partial charge in [0.05, 0.1) is 71.3 Å². The molecule has 0 atom stereocenters. The average molecular weight is 1730 g/mol. The molecule has 8 N–H and O–H groups in total.